The summed E-state index contributed by atoms with van der Waals surface area (Å²) in [7, 11) is -3.84. The molecule has 3 N–H and O–H groups in total. The zero-order valence-corrected chi connectivity index (χ0v) is 11.8. The van der Waals surface area contributed by atoms with Gasteiger partial charge in [0.2, 0.25) is 0 Å². The van der Waals surface area contributed by atoms with E-state index in [1.54, 1.807) is 0 Å². The quantitative estimate of drug-likeness (QED) is 0.911. The van der Waals surface area contributed by atoms with Crippen LogP contribution in [-0.2, 0) is 10.0 Å². The van der Waals surface area contributed by atoms with Gasteiger partial charge in [0.25, 0.3) is 10.0 Å². The van der Waals surface area contributed by atoms with E-state index in [4.69, 9.17) is 28.9 Å². The standard InChI is InChI=1S/C11H9Cl2N3O2S/c12-7-1-2-10(8(13)5-7)16-19(17,18)11-6-15-4-3-9(11)14/h1-6,16H,(H2,14,15). The minimum Gasteiger partial charge on any atom is -0.398 e. The maximum atomic E-state index is 12.1. The average molecular weight is 318 g/mol. The van der Waals surface area contributed by atoms with Crippen LogP contribution in [0, 0.1) is 0 Å². The first-order chi connectivity index (χ1) is 8.90. The molecule has 8 heteroatoms. The van der Waals surface area contributed by atoms with E-state index >= 15 is 0 Å². The van der Waals surface area contributed by atoms with E-state index in [0.29, 0.717) is 5.02 Å². The second-order valence-corrected chi connectivity index (χ2v) is 6.14. The highest BCUT2D eigenvalue weighted by Gasteiger charge is 2.18. The van der Waals surface area contributed by atoms with E-state index in [1.807, 2.05) is 0 Å². The Labute approximate surface area is 120 Å². The summed E-state index contributed by atoms with van der Waals surface area (Å²) in [6.45, 7) is 0. The Morgan fingerprint density at radius 2 is 1.95 bits per heavy atom. The highest BCUT2D eigenvalue weighted by Crippen LogP contribution is 2.28. The monoisotopic (exact) mass is 317 g/mol. The average Bonchev–Trinajstić information content (AvgIpc) is 2.33. The molecule has 0 radical (unpaired) electrons. The van der Waals surface area contributed by atoms with E-state index in [2.05, 4.69) is 9.71 Å². The van der Waals surface area contributed by atoms with Crippen LogP contribution in [0.5, 0.6) is 0 Å². The first kappa shape index (κ1) is 13.9. The molecule has 0 unspecified atom stereocenters. The summed E-state index contributed by atoms with van der Waals surface area (Å²) in [5.41, 5.74) is 5.93. The van der Waals surface area contributed by atoms with E-state index in [0.717, 1.165) is 0 Å². The molecule has 0 atom stereocenters. The second kappa shape index (κ2) is 5.24. The van der Waals surface area contributed by atoms with Crippen LogP contribution in [0.25, 0.3) is 0 Å². The number of sulfonamides is 1. The van der Waals surface area contributed by atoms with Crippen LogP contribution in [0.2, 0.25) is 10.0 Å². The van der Waals surface area contributed by atoms with Gasteiger partial charge in [0.05, 0.1) is 16.4 Å². The van der Waals surface area contributed by atoms with Gasteiger partial charge in [-0.15, -0.1) is 0 Å². The zero-order chi connectivity index (χ0) is 14.0. The Bertz CT molecular complexity index is 720. The van der Waals surface area contributed by atoms with Gasteiger partial charge in [-0.1, -0.05) is 23.2 Å². The van der Waals surface area contributed by atoms with Gasteiger partial charge in [-0.2, -0.15) is 0 Å². The fraction of sp³-hybridized carbons (Fsp3) is 0. The molecule has 0 fully saturated rings. The summed E-state index contributed by atoms with van der Waals surface area (Å²) in [6.07, 6.45) is 2.57. The highest BCUT2D eigenvalue weighted by atomic mass is 35.5. The van der Waals surface area contributed by atoms with Crippen molar-refractivity contribution >= 4 is 44.6 Å². The fourth-order valence-corrected chi connectivity index (χ4v) is 3.05. The highest BCUT2D eigenvalue weighted by molar-refractivity contribution is 7.92. The first-order valence-corrected chi connectivity index (χ1v) is 7.31. The molecule has 0 saturated heterocycles. The summed E-state index contributed by atoms with van der Waals surface area (Å²) in [4.78, 5) is 3.63. The van der Waals surface area contributed by atoms with Crippen LogP contribution in [0.4, 0.5) is 11.4 Å². The molecule has 2 aromatic rings. The largest absolute Gasteiger partial charge is 0.398 e. The molecule has 1 heterocycles. The summed E-state index contributed by atoms with van der Waals surface area (Å²) in [6, 6.07) is 5.83. The number of halogens is 2. The lowest BCUT2D eigenvalue weighted by Gasteiger charge is -2.10. The number of rotatable bonds is 3. The number of aromatic nitrogens is 1. The summed E-state index contributed by atoms with van der Waals surface area (Å²) >= 11 is 11.6. The van der Waals surface area contributed by atoms with Crippen molar-refractivity contribution in [2.75, 3.05) is 10.5 Å². The van der Waals surface area contributed by atoms with E-state index in [9.17, 15) is 8.42 Å². The number of nitrogen functional groups attached to an aromatic ring is 1. The Balaban J connectivity index is 2.40. The lowest BCUT2D eigenvalue weighted by Crippen LogP contribution is -2.15. The lowest BCUT2D eigenvalue weighted by atomic mass is 10.3. The van der Waals surface area contributed by atoms with Crippen molar-refractivity contribution in [1.29, 1.82) is 0 Å². The van der Waals surface area contributed by atoms with E-state index < -0.39 is 10.0 Å². The summed E-state index contributed by atoms with van der Waals surface area (Å²) < 4.78 is 26.6. The van der Waals surface area contributed by atoms with Gasteiger partial charge in [0.1, 0.15) is 4.90 Å². The Hall–Kier alpha value is -1.50. The van der Waals surface area contributed by atoms with Gasteiger partial charge in [-0.3, -0.25) is 9.71 Å². The smallest absolute Gasteiger partial charge is 0.265 e. The van der Waals surface area contributed by atoms with Crippen molar-refractivity contribution in [3.8, 4) is 0 Å². The Kier molecular flexibility index (Phi) is 3.84. The number of anilines is 2. The van der Waals surface area contributed by atoms with Crippen LogP contribution in [-0.4, -0.2) is 13.4 Å². The molecule has 0 aliphatic carbocycles. The molecule has 0 bridgehead atoms. The van der Waals surface area contributed by atoms with Crippen molar-refractivity contribution in [2.45, 2.75) is 4.90 Å². The van der Waals surface area contributed by atoms with Gasteiger partial charge in [-0.25, -0.2) is 8.42 Å². The lowest BCUT2D eigenvalue weighted by molar-refractivity contribution is 0.601. The molecular formula is C11H9Cl2N3O2S. The van der Waals surface area contributed by atoms with Crippen molar-refractivity contribution in [3.05, 3.63) is 46.7 Å². The third-order valence-corrected chi connectivity index (χ3v) is 4.24. The van der Waals surface area contributed by atoms with Gasteiger partial charge in [0.15, 0.2) is 0 Å². The minimum atomic E-state index is -3.84. The van der Waals surface area contributed by atoms with Crippen LogP contribution in [0.3, 0.4) is 0 Å². The predicted octanol–water partition coefficient (Wildman–Crippen LogP) is 2.77. The van der Waals surface area contributed by atoms with Crippen molar-refractivity contribution in [1.82, 2.24) is 4.98 Å². The van der Waals surface area contributed by atoms with Crippen LogP contribution >= 0.6 is 23.2 Å². The SMILES string of the molecule is Nc1ccncc1S(=O)(=O)Nc1ccc(Cl)cc1Cl. The van der Waals surface area contributed by atoms with Crippen LogP contribution in [0.15, 0.2) is 41.6 Å². The molecule has 0 aliphatic heterocycles. The number of benzene rings is 1. The number of pyridine rings is 1. The summed E-state index contributed by atoms with van der Waals surface area (Å²) in [5, 5.41) is 0.604. The van der Waals surface area contributed by atoms with Gasteiger partial charge < -0.3 is 5.73 Å². The van der Waals surface area contributed by atoms with Crippen LogP contribution < -0.4 is 10.5 Å². The molecule has 0 amide bonds. The van der Waals surface area contributed by atoms with E-state index in [-0.39, 0.29) is 21.3 Å². The fourth-order valence-electron chi connectivity index (χ4n) is 1.39. The van der Waals surface area contributed by atoms with Gasteiger partial charge in [-0.05, 0) is 24.3 Å². The third kappa shape index (κ3) is 3.09. The first-order valence-electron chi connectivity index (χ1n) is 5.07. The molecule has 2 rings (SSSR count). The van der Waals surface area contributed by atoms with Gasteiger partial charge >= 0.3 is 0 Å². The number of nitrogens with two attached hydrogens (primary N) is 1. The molecule has 100 valence electrons. The maximum Gasteiger partial charge on any atom is 0.265 e. The minimum absolute atomic E-state index is 0.104. The maximum absolute atomic E-state index is 12.1. The second-order valence-electron chi connectivity index (χ2n) is 3.64. The Morgan fingerprint density at radius 3 is 2.58 bits per heavy atom. The molecule has 0 saturated carbocycles. The van der Waals surface area contributed by atoms with Crippen LogP contribution in [0.1, 0.15) is 0 Å². The van der Waals surface area contributed by atoms with Crippen molar-refractivity contribution in [3.63, 3.8) is 0 Å². The zero-order valence-electron chi connectivity index (χ0n) is 9.47. The topological polar surface area (TPSA) is 85.1 Å². The van der Waals surface area contributed by atoms with Gasteiger partial charge in [0, 0.05) is 17.4 Å². The molecule has 19 heavy (non-hydrogen) atoms. The summed E-state index contributed by atoms with van der Waals surface area (Å²) in [5.74, 6) is 0. The molecular weight excluding hydrogens is 309 g/mol. The number of hydrogen-bond acceptors (Lipinski definition) is 4. The Morgan fingerprint density at radius 1 is 1.21 bits per heavy atom. The third-order valence-electron chi connectivity index (χ3n) is 2.28. The van der Waals surface area contributed by atoms with E-state index in [1.165, 1.54) is 36.7 Å². The number of nitrogens with one attached hydrogen (secondary N) is 1. The molecule has 5 nitrogen and oxygen atoms in total. The molecule has 0 aliphatic rings. The number of nitrogens with zero attached hydrogens (tertiary/aromatic N) is 1. The van der Waals surface area contributed by atoms with Crippen molar-refractivity contribution < 1.29 is 8.42 Å². The molecule has 1 aromatic heterocycles. The molecule has 0 spiro atoms. The number of hydrogen-bond donors (Lipinski definition) is 2. The molecule has 1 aromatic carbocycles. The predicted molar refractivity (Wildman–Crippen MR) is 75.9 cm³/mol. The van der Waals surface area contributed by atoms with Crippen molar-refractivity contribution in [2.24, 2.45) is 0 Å². The normalized spacial score (nSPS) is 11.3.